The van der Waals surface area contributed by atoms with Crippen molar-refractivity contribution in [1.29, 1.82) is 0 Å². The zero-order chi connectivity index (χ0) is 14.0. The molecule has 2 aromatic rings. The quantitative estimate of drug-likeness (QED) is 0.628. The topological polar surface area (TPSA) is 38.0 Å². The lowest BCUT2D eigenvalue weighted by atomic mass is 9.72. The third-order valence-corrected chi connectivity index (χ3v) is 6.41. The van der Waals surface area contributed by atoms with Crippen LogP contribution in [0.15, 0.2) is 46.3 Å². The van der Waals surface area contributed by atoms with Gasteiger partial charge in [-0.15, -0.1) is 11.3 Å². The van der Waals surface area contributed by atoms with E-state index in [0.717, 1.165) is 4.47 Å². The van der Waals surface area contributed by atoms with E-state index in [4.69, 9.17) is 5.84 Å². The fourth-order valence-electron chi connectivity index (χ4n) is 3.52. The van der Waals surface area contributed by atoms with E-state index < -0.39 is 0 Å². The summed E-state index contributed by atoms with van der Waals surface area (Å²) in [5, 5.41) is 2.12. The molecule has 0 amide bonds. The van der Waals surface area contributed by atoms with Crippen molar-refractivity contribution in [2.45, 2.75) is 37.1 Å². The molecule has 3 rings (SSSR count). The van der Waals surface area contributed by atoms with Crippen LogP contribution in [0.5, 0.6) is 0 Å². The molecule has 0 aliphatic heterocycles. The monoisotopic (exact) mass is 350 g/mol. The summed E-state index contributed by atoms with van der Waals surface area (Å²) in [6, 6.07) is 13.1. The molecule has 1 aliphatic rings. The Morgan fingerprint density at radius 2 is 1.85 bits per heavy atom. The highest BCUT2D eigenvalue weighted by Gasteiger charge is 2.44. The van der Waals surface area contributed by atoms with Crippen molar-refractivity contribution in [2.24, 2.45) is 5.84 Å². The SMILES string of the molecule is NNC(c1sccc1Br)C1(c2ccccc2)CCCC1. The van der Waals surface area contributed by atoms with Crippen LogP contribution in [0.4, 0.5) is 0 Å². The van der Waals surface area contributed by atoms with E-state index >= 15 is 0 Å². The average Bonchev–Trinajstić information content (AvgIpc) is 3.12. The van der Waals surface area contributed by atoms with E-state index in [1.165, 1.54) is 36.1 Å². The Balaban J connectivity index is 2.08. The van der Waals surface area contributed by atoms with Crippen molar-refractivity contribution in [3.63, 3.8) is 0 Å². The van der Waals surface area contributed by atoms with E-state index in [-0.39, 0.29) is 11.5 Å². The number of nitrogens with one attached hydrogen (secondary N) is 1. The zero-order valence-corrected chi connectivity index (χ0v) is 13.7. The molecule has 106 valence electrons. The molecular formula is C16H19BrN2S. The lowest BCUT2D eigenvalue weighted by Gasteiger charge is -2.37. The summed E-state index contributed by atoms with van der Waals surface area (Å²) in [7, 11) is 0. The molecule has 1 saturated carbocycles. The molecule has 0 saturated heterocycles. The smallest absolute Gasteiger partial charge is 0.0661 e. The molecular weight excluding hydrogens is 332 g/mol. The predicted octanol–water partition coefficient (Wildman–Crippen LogP) is 4.53. The van der Waals surface area contributed by atoms with E-state index in [0.29, 0.717) is 0 Å². The largest absolute Gasteiger partial charge is 0.271 e. The second-order valence-corrected chi connectivity index (χ2v) is 7.26. The zero-order valence-electron chi connectivity index (χ0n) is 11.3. The van der Waals surface area contributed by atoms with Crippen LogP contribution in [0.1, 0.15) is 42.2 Å². The van der Waals surface area contributed by atoms with Gasteiger partial charge in [-0.25, -0.2) is 0 Å². The minimum Gasteiger partial charge on any atom is -0.271 e. The molecule has 0 spiro atoms. The first-order valence-electron chi connectivity index (χ1n) is 7.02. The number of halogens is 1. The molecule has 1 aliphatic carbocycles. The summed E-state index contributed by atoms with van der Waals surface area (Å²) in [6.45, 7) is 0. The molecule has 0 bridgehead atoms. The predicted molar refractivity (Wildman–Crippen MR) is 88.7 cm³/mol. The Labute approximate surface area is 132 Å². The fourth-order valence-corrected chi connectivity index (χ4v) is 5.30. The number of rotatable bonds is 4. The van der Waals surface area contributed by atoms with Crippen LogP contribution in [0.2, 0.25) is 0 Å². The van der Waals surface area contributed by atoms with E-state index in [2.05, 4.69) is 63.1 Å². The van der Waals surface area contributed by atoms with Crippen LogP contribution in [-0.4, -0.2) is 0 Å². The molecule has 3 N–H and O–H groups in total. The number of nitrogens with two attached hydrogens (primary N) is 1. The molecule has 0 radical (unpaired) electrons. The molecule has 20 heavy (non-hydrogen) atoms. The van der Waals surface area contributed by atoms with Gasteiger partial charge in [-0.2, -0.15) is 0 Å². The highest BCUT2D eigenvalue weighted by atomic mass is 79.9. The van der Waals surface area contributed by atoms with Crippen molar-refractivity contribution in [2.75, 3.05) is 0 Å². The van der Waals surface area contributed by atoms with E-state index in [1.807, 2.05) is 0 Å². The number of thiophene rings is 1. The lowest BCUT2D eigenvalue weighted by Crippen LogP contribution is -2.42. The van der Waals surface area contributed by atoms with Crippen LogP contribution in [0.25, 0.3) is 0 Å². The molecule has 1 heterocycles. The Kier molecular flexibility index (Phi) is 4.26. The first kappa shape index (κ1) is 14.3. The molecule has 1 unspecified atom stereocenters. The van der Waals surface area contributed by atoms with Crippen LogP contribution < -0.4 is 11.3 Å². The van der Waals surface area contributed by atoms with Crippen LogP contribution in [0, 0.1) is 0 Å². The van der Waals surface area contributed by atoms with Crippen LogP contribution in [0.3, 0.4) is 0 Å². The van der Waals surface area contributed by atoms with Crippen LogP contribution in [-0.2, 0) is 5.41 Å². The van der Waals surface area contributed by atoms with Gasteiger partial charge in [0.15, 0.2) is 0 Å². The van der Waals surface area contributed by atoms with Gasteiger partial charge < -0.3 is 0 Å². The number of hydrogen-bond acceptors (Lipinski definition) is 3. The van der Waals surface area contributed by atoms with Crippen molar-refractivity contribution in [3.8, 4) is 0 Å². The van der Waals surface area contributed by atoms with Gasteiger partial charge in [0.2, 0.25) is 0 Å². The fraction of sp³-hybridized carbons (Fsp3) is 0.375. The molecule has 1 aromatic heterocycles. The van der Waals surface area contributed by atoms with Gasteiger partial charge in [0, 0.05) is 14.8 Å². The molecule has 1 atom stereocenters. The normalized spacial score (nSPS) is 19.1. The summed E-state index contributed by atoms with van der Waals surface area (Å²) < 4.78 is 1.16. The second kappa shape index (κ2) is 5.98. The maximum atomic E-state index is 5.97. The van der Waals surface area contributed by atoms with Gasteiger partial charge in [0.05, 0.1) is 6.04 Å². The van der Waals surface area contributed by atoms with Crippen molar-refractivity contribution >= 4 is 27.3 Å². The summed E-state index contributed by atoms with van der Waals surface area (Å²) in [5.41, 5.74) is 4.62. The Bertz CT molecular complexity index is 561. The average molecular weight is 351 g/mol. The van der Waals surface area contributed by atoms with Gasteiger partial charge in [0.25, 0.3) is 0 Å². The van der Waals surface area contributed by atoms with Gasteiger partial charge in [-0.3, -0.25) is 11.3 Å². The van der Waals surface area contributed by atoms with E-state index in [9.17, 15) is 0 Å². The first-order chi connectivity index (χ1) is 9.78. The van der Waals surface area contributed by atoms with Crippen molar-refractivity contribution in [1.82, 2.24) is 5.43 Å². The second-order valence-electron chi connectivity index (χ2n) is 5.46. The molecule has 1 aromatic carbocycles. The number of hydrogen-bond donors (Lipinski definition) is 2. The van der Waals surface area contributed by atoms with E-state index in [1.54, 1.807) is 11.3 Å². The van der Waals surface area contributed by atoms with Crippen molar-refractivity contribution in [3.05, 3.63) is 56.7 Å². The number of hydrazine groups is 1. The molecule has 2 nitrogen and oxygen atoms in total. The van der Waals surface area contributed by atoms with Crippen LogP contribution >= 0.6 is 27.3 Å². The highest BCUT2D eigenvalue weighted by molar-refractivity contribution is 9.10. The number of benzene rings is 1. The third-order valence-electron chi connectivity index (χ3n) is 4.47. The van der Waals surface area contributed by atoms with Crippen molar-refractivity contribution < 1.29 is 0 Å². The lowest BCUT2D eigenvalue weighted by molar-refractivity contribution is 0.307. The minimum atomic E-state index is 0.114. The summed E-state index contributed by atoms with van der Waals surface area (Å²) in [5.74, 6) is 5.97. The Morgan fingerprint density at radius 1 is 1.15 bits per heavy atom. The summed E-state index contributed by atoms with van der Waals surface area (Å²) in [4.78, 5) is 1.30. The van der Waals surface area contributed by atoms with Gasteiger partial charge in [-0.1, -0.05) is 43.2 Å². The standard InChI is InChI=1S/C16H19BrN2S/c17-13-8-11-20-14(13)15(19-18)16(9-4-5-10-16)12-6-2-1-3-7-12/h1-3,6-8,11,15,19H,4-5,9-10,18H2. The summed E-state index contributed by atoms with van der Waals surface area (Å²) in [6.07, 6.45) is 4.93. The highest BCUT2D eigenvalue weighted by Crippen LogP contribution is 2.51. The molecule has 4 heteroatoms. The van der Waals surface area contributed by atoms with Gasteiger partial charge in [-0.05, 0) is 45.8 Å². The first-order valence-corrected chi connectivity index (χ1v) is 8.70. The Hall–Kier alpha value is -0.680. The maximum Gasteiger partial charge on any atom is 0.0661 e. The minimum absolute atomic E-state index is 0.114. The maximum absolute atomic E-state index is 5.97. The van der Waals surface area contributed by atoms with Gasteiger partial charge in [0.1, 0.15) is 0 Å². The van der Waals surface area contributed by atoms with Gasteiger partial charge >= 0.3 is 0 Å². The molecule has 1 fully saturated rings. The Morgan fingerprint density at radius 3 is 2.40 bits per heavy atom. The summed E-state index contributed by atoms with van der Waals surface area (Å²) >= 11 is 5.44. The third kappa shape index (κ3) is 2.35.